The van der Waals surface area contributed by atoms with Crippen LogP contribution >= 0.6 is 23.1 Å². The van der Waals surface area contributed by atoms with Crippen molar-refractivity contribution in [2.75, 3.05) is 5.75 Å². The first-order valence-electron chi connectivity index (χ1n) is 5.50. The molecule has 0 amide bonds. The minimum Gasteiger partial charge on any atom is -0.295 e. The van der Waals surface area contributed by atoms with Gasteiger partial charge in [-0.15, -0.1) is 11.8 Å². The number of carbonyl (C=O) groups excluding carboxylic acids is 1. The summed E-state index contributed by atoms with van der Waals surface area (Å²) in [4.78, 5) is 12.3. The van der Waals surface area contributed by atoms with Crippen LogP contribution < -0.4 is 0 Å². The van der Waals surface area contributed by atoms with E-state index in [2.05, 4.69) is 16.8 Å². The zero-order valence-corrected chi connectivity index (χ0v) is 11.3. The van der Waals surface area contributed by atoms with Crippen LogP contribution in [0, 0.1) is 0 Å². The summed E-state index contributed by atoms with van der Waals surface area (Å²) >= 11 is 3.58. The molecule has 0 spiro atoms. The molecule has 0 aliphatic rings. The summed E-state index contributed by atoms with van der Waals surface area (Å²) in [6, 6.07) is 10.0. The number of thiophene rings is 1. The van der Waals surface area contributed by atoms with Crippen molar-refractivity contribution < 1.29 is 4.79 Å². The van der Waals surface area contributed by atoms with E-state index in [0.29, 0.717) is 0 Å². The third-order valence-corrected chi connectivity index (χ3v) is 4.25. The third-order valence-electron chi connectivity index (χ3n) is 2.50. The Hall–Kier alpha value is -1.06. The van der Waals surface area contributed by atoms with Crippen LogP contribution in [0.3, 0.4) is 0 Å². The molecule has 0 unspecified atom stereocenters. The van der Waals surface area contributed by atoms with Crippen molar-refractivity contribution >= 4 is 28.9 Å². The molecule has 0 atom stereocenters. The molecule has 0 aliphatic heterocycles. The fourth-order valence-electron chi connectivity index (χ4n) is 1.51. The topological polar surface area (TPSA) is 17.1 Å². The number of benzene rings is 1. The van der Waals surface area contributed by atoms with Gasteiger partial charge in [-0.2, -0.15) is 11.3 Å². The number of ketones is 1. The molecular formula is C14H14OS2. The van der Waals surface area contributed by atoms with Crippen LogP contribution in [0.15, 0.2) is 46.0 Å². The molecule has 0 radical (unpaired) electrons. The Labute approximate surface area is 110 Å². The van der Waals surface area contributed by atoms with Crippen molar-refractivity contribution in [3.8, 4) is 0 Å². The SMILES string of the molecule is CC(=O)c1ccc(SCCc2ccsc2)cc1. The Bertz CT molecular complexity index is 471. The van der Waals surface area contributed by atoms with Gasteiger partial charge in [0.25, 0.3) is 0 Å². The van der Waals surface area contributed by atoms with E-state index in [4.69, 9.17) is 0 Å². The van der Waals surface area contributed by atoms with Gasteiger partial charge in [-0.05, 0) is 47.9 Å². The highest BCUT2D eigenvalue weighted by atomic mass is 32.2. The van der Waals surface area contributed by atoms with E-state index in [1.165, 1.54) is 10.5 Å². The van der Waals surface area contributed by atoms with Crippen LogP contribution in [0.2, 0.25) is 0 Å². The Balaban J connectivity index is 1.85. The van der Waals surface area contributed by atoms with Gasteiger partial charge in [-0.25, -0.2) is 0 Å². The van der Waals surface area contributed by atoms with Gasteiger partial charge < -0.3 is 0 Å². The van der Waals surface area contributed by atoms with E-state index in [9.17, 15) is 4.79 Å². The molecular weight excluding hydrogens is 248 g/mol. The molecule has 0 saturated heterocycles. The van der Waals surface area contributed by atoms with Gasteiger partial charge >= 0.3 is 0 Å². The van der Waals surface area contributed by atoms with E-state index in [-0.39, 0.29) is 5.78 Å². The lowest BCUT2D eigenvalue weighted by molar-refractivity contribution is 0.101. The molecule has 2 aromatic rings. The fourth-order valence-corrected chi connectivity index (χ4v) is 3.11. The second-order valence-corrected chi connectivity index (χ2v) is 5.76. The second kappa shape index (κ2) is 6.03. The second-order valence-electron chi connectivity index (χ2n) is 3.81. The molecule has 0 saturated carbocycles. The summed E-state index contributed by atoms with van der Waals surface area (Å²) in [5, 5.41) is 4.31. The van der Waals surface area contributed by atoms with Crippen LogP contribution in [0.5, 0.6) is 0 Å². The summed E-state index contributed by atoms with van der Waals surface area (Å²) in [5.41, 5.74) is 2.19. The standard InChI is InChI=1S/C14H14OS2/c1-11(15)13-2-4-14(5-3-13)17-9-7-12-6-8-16-10-12/h2-6,8,10H,7,9H2,1H3. The normalized spacial score (nSPS) is 10.4. The lowest BCUT2D eigenvalue weighted by Gasteiger charge is -2.01. The zero-order chi connectivity index (χ0) is 12.1. The first-order chi connectivity index (χ1) is 8.25. The average molecular weight is 262 g/mol. The van der Waals surface area contributed by atoms with Gasteiger partial charge in [0.15, 0.2) is 5.78 Å². The summed E-state index contributed by atoms with van der Waals surface area (Å²) in [6.07, 6.45) is 1.10. The van der Waals surface area contributed by atoms with Crippen LogP contribution in [-0.2, 0) is 6.42 Å². The lowest BCUT2D eigenvalue weighted by Crippen LogP contribution is -1.91. The molecule has 0 aliphatic carbocycles. The molecule has 1 aromatic heterocycles. The maximum absolute atomic E-state index is 11.1. The Morgan fingerprint density at radius 2 is 2.00 bits per heavy atom. The zero-order valence-electron chi connectivity index (χ0n) is 9.68. The summed E-state index contributed by atoms with van der Waals surface area (Å²) < 4.78 is 0. The molecule has 1 heterocycles. The number of rotatable bonds is 5. The maximum atomic E-state index is 11.1. The average Bonchev–Trinajstić information content (AvgIpc) is 2.83. The van der Waals surface area contributed by atoms with Crippen molar-refractivity contribution in [1.82, 2.24) is 0 Å². The van der Waals surface area contributed by atoms with E-state index < -0.39 is 0 Å². The van der Waals surface area contributed by atoms with Crippen molar-refractivity contribution in [1.29, 1.82) is 0 Å². The number of Topliss-reactive ketones (excluding diaryl/α,β-unsaturated/α-hetero) is 1. The first-order valence-corrected chi connectivity index (χ1v) is 7.43. The monoisotopic (exact) mass is 262 g/mol. The molecule has 1 aromatic carbocycles. The Kier molecular flexibility index (Phi) is 4.40. The van der Waals surface area contributed by atoms with Gasteiger partial charge in [-0.1, -0.05) is 12.1 Å². The van der Waals surface area contributed by atoms with Gasteiger partial charge in [-0.3, -0.25) is 4.79 Å². The predicted octanol–water partition coefficient (Wildman–Crippen LogP) is 4.29. The molecule has 0 fully saturated rings. The van der Waals surface area contributed by atoms with E-state index in [1.54, 1.807) is 18.3 Å². The van der Waals surface area contributed by atoms with Crippen molar-refractivity contribution in [2.24, 2.45) is 0 Å². The lowest BCUT2D eigenvalue weighted by atomic mass is 10.2. The van der Waals surface area contributed by atoms with Crippen molar-refractivity contribution in [2.45, 2.75) is 18.2 Å². The van der Waals surface area contributed by atoms with Crippen molar-refractivity contribution in [3.63, 3.8) is 0 Å². The van der Waals surface area contributed by atoms with Crippen LogP contribution in [0.4, 0.5) is 0 Å². The third kappa shape index (κ3) is 3.72. The highest BCUT2D eigenvalue weighted by molar-refractivity contribution is 7.99. The van der Waals surface area contributed by atoms with Gasteiger partial charge in [0.1, 0.15) is 0 Å². The fraction of sp³-hybridized carbons (Fsp3) is 0.214. The van der Waals surface area contributed by atoms with Crippen LogP contribution in [0.25, 0.3) is 0 Å². The Morgan fingerprint density at radius 1 is 1.24 bits per heavy atom. The highest BCUT2D eigenvalue weighted by Gasteiger charge is 2.00. The van der Waals surface area contributed by atoms with Gasteiger partial charge in [0, 0.05) is 16.2 Å². The van der Waals surface area contributed by atoms with Gasteiger partial charge in [0.05, 0.1) is 0 Å². The quantitative estimate of drug-likeness (QED) is 0.591. The largest absolute Gasteiger partial charge is 0.295 e. The minimum atomic E-state index is 0.125. The first kappa shape index (κ1) is 12.4. The maximum Gasteiger partial charge on any atom is 0.159 e. The van der Waals surface area contributed by atoms with Gasteiger partial charge in [0.2, 0.25) is 0 Å². The predicted molar refractivity (Wildman–Crippen MR) is 75.2 cm³/mol. The Morgan fingerprint density at radius 3 is 2.59 bits per heavy atom. The molecule has 17 heavy (non-hydrogen) atoms. The van der Waals surface area contributed by atoms with Crippen LogP contribution in [-0.4, -0.2) is 11.5 Å². The number of thioether (sulfide) groups is 1. The molecule has 0 bridgehead atoms. The smallest absolute Gasteiger partial charge is 0.159 e. The molecule has 0 N–H and O–H groups in total. The molecule has 3 heteroatoms. The molecule has 1 nitrogen and oxygen atoms in total. The van der Waals surface area contributed by atoms with E-state index in [0.717, 1.165) is 17.7 Å². The molecule has 2 rings (SSSR count). The molecule has 88 valence electrons. The summed E-state index contributed by atoms with van der Waals surface area (Å²) in [7, 11) is 0. The van der Waals surface area contributed by atoms with Crippen molar-refractivity contribution in [3.05, 3.63) is 52.2 Å². The number of hydrogen-bond acceptors (Lipinski definition) is 3. The highest BCUT2D eigenvalue weighted by Crippen LogP contribution is 2.20. The van der Waals surface area contributed by atoms with Crippen LogP contribution in [0.1, 0.15) is 22.8 Å². The van der Waals surface area contributed by atoms with E-state index >= 15 is 0 Å². The summed E-state index contributed by atoms with van der Waals surface area (Å²) in [6.45, 7) is 1.60. The minimum absolute atomic E-state index is 0.125. The number of hydrogen-bond donors (Lipinski definition) is 0. The number of aryl methyl sites for hydroxylation is 1. The number of carbonyl (C=O) groups is 1. The van der Waals surface area contributed by atoms with E-state index in [1.807, 2.05) is 36.0 Å². The summed E-state index contributed by atoms with van der Waals surface area (Å²) in [5.74, 6) is 1.20.